The first kappa shape index (κ1) is 18.8. The molecular weight excluding hydrogens is 352 g/mol. The molecule has 1 unspecified atom stereocenters. The number of fused-ring (bicyclic) bond motifs is 1. The number of Topliss-reactive ketones (excluding diaryl/α,β-unsaturated/α-hetero) is 2. The highest BCUT2D eigenvalue weighted by atomic mass is 35.5. The molecule has 0 radical (unpaired) electrons. The minimum atomic E-state index is -0.289. The maximum Gasteiger partial charge on any atom is 0.232 e. The summed E-state index contributed by atoms with van der Waals surface area (Å²) in [6, 6.07) is 3.17. The van der Waals surface area contributed by atoms with Crippen molar-refractivity contribution < 1.29 is 23.8 Å². The molecule has 0 N–H and O–H groups in total. The lowest BCUT2D eigenvalue weighted by Gasteiger charge is -2.10. The number of ketones is 2. The molecule has 1 aromatic rings. The molecule has 0 spiro atoms. The Morgan fingerprint density at radius 2 is 2.08 bits per heavy atom. The van der Waals surface area contributed by atoms with E-state index in [0.717, 1.165) is 0 Å². The molecule has 5 nitrogen and oxygen atoms in total. The van der Waals surface area contributed by atoms with Crippen molar-refractivity contribution in [1.82, 2.24) is 0 Å². The van der Waals surface area contributed by atoms with Gasteiger partial charge in [0.05, 0.1) is 23.8 Å². The molecule has 0 aromatic heterocycles. The summed E-state index contributed by atoms with van der Waals surface area (Å²) in [7, 11) is 3.06. The molecule has 7 heteroatoms. The highest BCUT2D eigenvalue weighted by molar-refractivity contribution is 8.02. The number of thioether (sulfide) groups is 1. The summed E-state index contributed by atoms with van der Waals surface area (Å²) < 4.78 is 15.9. The van der Waals surface area contributed by atoms with Crippen molar-refractivity contribution in [2.75, 3.05) is 20.5 Å². The Labute approximate surface area is 150 Å². The van der Waals surface area contributed by atoms with E-state index in [4.69, 9.17) is 25.8 Å². The van der Waals surface area contributed by atoms with Gasteiger partial charge in [0.1, 0.15) is 11.5 Å². The summed E-state index contributed by atoms with van der Waals surface area (Å²) in [6.07, 6.45) is 2.04. The quantitative estimate of drug-likeness (QED) is 0.679. The maximum atomic E-state index is 12.6. The molecule has 1 heterocycles. The number of ether oxygens (including phenoxy) is 3. The SMILES string of the molecule is COc1cc(Cl)c2c(c1)C(=O)/C(=C(/CC(=O)CC(C)OC)SC)O2. The van der Waals surface area contributed by atoms with Crippen molar-refractivity contribution in [3.63, 3.8) is 0 Å². The molecule has 0 saturated carbocycles. The van der Waals surface area contributed by atoms with Crippen molar-refractivity contribution in [1.29, 1.82) is 0 Å². The van der Waals surface area contributed by atoms with Crippen LogP contribution >= 0.6 is 23.4 Å². The fraction of sp³-hybridized carbons (Fsp3) is 0.412. The van der Waals surface area contributed by atoms with Gasteiger partial charge in [-0.15, -0.1) is 11.8 Å². The van der Waals surface area contributed by atoms with Gasteiger partial charge in [0.2, 0.25) is 5.78 Å². The third-order valence-electron chi connectivity index (χ3n) is 3.68. The molecule has 130 valence electrons. The Hall–Kier alpha value is -1.50. The normalized spacial score (nSPS) is 16.5. The molecule has 1 aliphatic heterocycles. The first-order chi connectivity index (χ1) is 11.4. The van der Waals surface area contributed by atoms with Crippen molar-refractivity contribution >= 4 is 34.9 Å². The molecule has 0 amide bonds. The first-order valence-electron chi connectivity index (χ1n) is 7.33. The monoisotopic (exact) mass is 370 g/mol. The zero-order chi connectivity index (χ0) is 17.9. The van der Waals surface area contributed by atoms with E-state index in [-0.39, 0.29) is 36.3 Å². The Kier molecular flexibility index (Phi) is 6.32. The molecule has 0 aliphatic carbocycles. The van der Waals surface area contributed by atoms with Crippen LogP contribution in [0.2, 0.25) is 5.02 Å². The lowest BCUT2D eigenvalue weighted by atomic mass is 10.1. The van der Waals surface area contributed by atoms with Gasteiger partial charge >= 0.3 is 0 Å². The van der Waals surface area contributed by atoms with Gasteiger partial charge in [0.15, 0.2) is 11.5 Å². The largest absolute Gasteiger partial charge is 0.497 e. The number of hydrogen-bond acceptors (Lipinski definition) is 6. The van der Waals surface area contributed by atoms with Crippen molar-refractivity contribution in [3.8, 4) is 11.5 Å². The fourth-order valence-electron chi connectivity index (χ4n) is 2.31. The number of halogens is 1. The van der Waals surface area contributed by atoms with Crippen LogP contribution in [0.1, 0.15) is 30.1 Å². The number of allylic oxidation sites excluding steroid dienone is 2. The second-order valence-corrected chi connectivity index (χ2v) is 6.65. The second kappa shape index (κ2) is 8.05. The van der Waals surface area contributed by atoms with Crippen LogP contribution < -0.4 is 9.47 Å². The number of carbonyl (C=O) groups is 2. The molecule has 2 rings (SSSR count). The fourth-order valence-corrected chi connectivity index (χ4v) is 3.19. The Balaban J connectivity index is 2.30. The van der Waals surface area contributed by atoms with E-state index >= 15 is 0 Å². The highest BCUT2D eigenvalue weighted by Gasteiger charge is 2.33. The second-order valence-electron chi connectivity index (χ2n) is 5.34. The molecule has 1 atom stereocenters. The number of rotatable bonds is 7. The molecular formula is C17H19ClO5S. The molecule has 24 heavy (non-hydrogen) atoms. The Morgan fingerprint density at radius 1 is 1.38 bits per heavy atom. The standard InChI is InChI=1S/C17H19ClO5S/c1-9(21-2)5-10(19)6-14(24-4)17-15(20)12-7-11(22-3)8-13(18)16(12)23-17/h7-9H,5-6H2,1-4H3/b17-14+. The van der Waals surface area contributed by atoms with Gasteiger partial charge in [0.25, 0.3) is 0 Å². The molecule has 0 saturated heterocycles. The van der Waals surface area contributed by atoms with Gasteiger partial charge < -0.3 is 14.2 Å². The summed E-state index contributed by atoms with van der Waals surface area (Å²) in [5, 5.41) is 0.299. The molecule has 1 aliphatic rings. The summed E-state index contributed by atoms with van der Waals surface area (Å²) in [5.41, 5.74) is 0.346. The van der Waals surface area contributed by atoms with Crippen LogP contribution in [0, 0.1) is 0 Å². The summed E-state index contributed by atoms with van der Waals surface area (Å²) in [4.78, 5) is 25.4. The third kappa shape index (κ3) is 3.94. The maximum absolute atomic E-state index is 12.6. The van der Waals surface area contributed by atoms with Gasteiger partial charge in [-0.3, -0.25) is 9.59 Å². The third-order valence-corrected chi connectivity index (χ3v) is 4.79. The lowest BCUT2D eigenvalue weighted by molar-refractivity contribution is -0.120. The van der Waals surface area contributed by atoms with Gasteiger partial charge in [-0.1, -0.05) is 11.6 Å². The van der Waals surface area contributed by atoms with Gasteiger partial charge in [-0.25, -0.2) is 0 Å². The minimum Gasteiger partial charge on any atom is -0.497 e. The first-order valence-corrected chi connectivity index (χ1v) is 8.93. The van der Waals surface area contributed by atoms with Crippen LogP contribution in [-0.4, -0.2) is 38.1 Å². The lowest BCUT2D eigenvalue weighted by Crippen LogP contribution is -2.13. The zero-order valence-electron chi connectivity index (χ0n) is 14.0. The van der Waals surface area contributed by atoms with Crippen molar-refractivity contribution in [2.45, 2.75) is 25.9 Å². The van der Waals surface area contributed by atoms with Crippen LogP contribution in [0.3, 0.4) is 0 Å². The summed E-state index contributed by atoms with van der Waals surface area (Å²) in [6.45, 7) is 1.82. The van der Waals surface area contributed by atoms with E-state index < -0.39 is 0 Å². The van der Waals surface area contributed by atoms with E-state index in [1.54, 1.807) is 25.5 Å². The van der Waals surface area contributed by atoms with Crippen LogP contribution in [0.25, 0.3) is 0 Å². The Bertz CT molecular complexity index is 698. The van der Waals surface area contributed by atoms with E-state index in [1.165, 1.54) is 18.9 Å². The summed E-state index contributed by atoms with van der Waals surface area (Å²) >= 11 is 7.47. The average Bonchev–Trinajstić information content (AvgIpc) is 2.90. The molecule has 0 fully saturated rings. The number of benzene rings is 1. The minimum absolute atomic E-state index is 0.0165. The predicted octanol–water partition coefficient (Wildman–Crippen LogP) is 3.88. The predicted molar refractivity (Wildman–Crippen MR) is 94.2 cm³/mol. The molecule has 0 bridgehead atoms. The van der Waals surface area contributed by atoms with E-state index in [9.17, 15) is 9.59 Å². The number of methoxy groups -OCH3 is 2. The van der Waals surface area contributed by atoms with Gasteiger partial charge in [0, 0.05) is 30.9 Å². The number of hydrogen-bond donors (Lipinski definition) is 0. The van der Waals surface area contributed by atoms with Gasteiger partial charge in [-0.2, -0.15) is 0 Å². The van der Waals surface area contributed by atoms with Crippen LogP contribution in [0.5, 0.6) is 11.5 Å². The van der Waals surface area contributed by atoms with Crippen LogP contribution in [0.4, 0.5) is 0 Å². The van der Waals surface area contributed by atoms with Crippen LogP contribution in [-0.2, 0) is 9.53 Å². The van der Waals surface area contributed by atoms with E-state index in [2.05, 4.69) is 0 Å². The van der Waals surface area contributed by atoms with Crippen molar-refractivity contribution in [3.05, 3.63) is 33.4 Å². The summed E-state index contributed by atoms with van der Waals surface area (Å²) in [5.74, 6) is 0.639. The molecule has 1 aromatic carbocycles. The van der Waals surface area contributed by atoms with Crippen LogP contribution in [0.15, 0.2) is 22.8 Å². The smallest absolute Gasteiger partial charge is 0.232 e. The number of carbonyl (C=O) groups excluding carboxylic acids is 2. The van der Waals surface area contributed by atoms with Gasteiger partial charge in [-0.05, 0) is 19.2 Å². The van der Waals surface area contributed by atoms with E-state index in [1.807, 2.05) is 6.92 Å². The van der Waals surface area contributed by atoms with E-state index in [0.29, 0.717) is 27.0 Å². The Morgan fingerprint density at radius 3 is 2.67 bits per heavy atom. The topological polar surface area (TPSA) is 61.8 Å². The zero-order valence-corrected chi connectivity index (χ0v) is 15.5. The van der Waals surface area contributed by atoms with Crippen molar-refractivity contribution in [2.24, 2.45) is 0 Å². The average molecular weight is 371 g/mol. The highest BCUT2D eigenvalue weighted by Crippen LogP contribution is 2.42.